The SMILES string of the molecule is CC[C@H](C)[C@H](N)C(=O)N[C@H](C(=O)N[C@@H](CCCCN)C(=O)O)[C@@H](C)O. The normalized spacial score (nSPS) is 17.0. The Kier molecular flexibility index (Phi) is 11.0. The highest BCUT2D eigenvalue weighted by Gasteiger charge is 2.31. The summed E-state index contributed by atoms with van der Waals surface area (Å²) in [6.45, 7) is 5.46. The molecule has 0 aliphatic carbocycles. The van der Waals surface area contributed by atoms with Gasteiger partial charge in [-0.15, -0.1) is 0 Å². The van der Waals surface area contributed by atoms with Gasteiger partial charge >= 0.3 is 5.97 Å². The first kappa shape index (κ1) is 23.3. The van der Waals surface area contributed by atoms with E-state index >= 15 is 0 Å². The number of hydrogen-bond donors (Lipinski definition) is 6. The van der Waals surface area contributed by atoms with Gasteiger partial charge < -0.3 is 32.3 Å². The third kappa shape index (κ3) is 8.28. The molecule has 146 valence electrons. The third-order valence-corrected chi connectivity index (χ3v) is 4.18. The first-order chi connectivity index (χ1) is 11.6. The average Bonchev–Trinajstić information content (AvgIpc) is 2.56. The number of amides is 2. The Morgan fingerprint density at radius 2 is 1.68 bits per heavy atom. The second-order valence-electron chi connectivity index (χ2n) is 6.32. The van der Waals surface area contributed by atoms with E-state index in [-0.39, 0.29) is 12.3 Å². The summed E-state index contributed by atoms with van der Waals surface area (Å²) >= 11 is 0. The molecule has 0 bridgehead atoms. The molecule has 2 amide bonds. The van der Waals surface area contributed by atoms with Crippen LogP contribution < -0.4 is 22.1 Å². The van der Waals surface area contributed by atoms with E-state index in [1.54, 1.807) is 6.92 Å². The molecule has 0 rings (SSSR count). The Labute approximate surface area is 148 Å². The molecule has 0 unspecified atom stereocenters. The minimum Gasteiger partial charge on any atom is -0.480 e. The van der Waals surface area contributed by atoms with Crippen LogP contribution in [0.3, 0.4) is 0 Å². The lowest BCUT2D eigenvalue weighted by molar-refractivity contribution is -0.143. The summed E-state index contributed by atoms with van der Waals surface area (Å²) in [5, 5.41) is 23.7. The second-order valence-corrected chi connectivity index (χ2v) is 6.32. The van der Waals surface area contributed by atoms with E-state index < -0.39 is 42.0 Å². The Morgan fingerprint density at radius 3 is 2.12 bits per heavy atom. The molecule has 0 aliphatic rings. The number of aliphatic hydroxyl groups is 1. The molecule has 9 heteroatoms. The maximum atomic E-state index is 12.3. The van der Waals surface area contributed by atoms with Gasteiger partial charge in [0.25, 0.3) is 0 Å². The molecule has 0 aromatic carbocycles. The van der Waals surface area contributed by atoms with Crippen molar-refractivity contribution in [1.82, 2.24) is 10.6 Å². The second kappa shape index (κ2) is 11.8. The van der Waals surface area contributed by atoms with Crippen molar-refractivity contribution in [3.8, 4) is 0 Å². The zero-order chi connectivity index (χ0) is 19.6. The minimum absolute atomic E-state index is 0.0965. The molecule has 0 saturated carbocycles. The molecule has 5 atom stereocenters. The number of aliphatic hydroxyl groups excluding tert-OH is 1. The number of nitrogens with one attached hydrogen (secondary N) is 2. The summed E-state index contributed by atoms with van der Waals surface area (Å²) in [5.74, 6) is -2.61. The van der Waals surface area contributed by atoms with Crippen LogP contribution in [0.5, 0.6) is 0 Å². The van der Waals surface area contributed by atoms with E-state index in [4.69, 9.17) is 11.5 Å². The number of rotatable bonds is 12. The molecule has 0 aromatic rings. The third-order valence-electron chi connectivity index (χ3n) is 4.18. The maximum Gasteiger partial charge on any atom is 0.326 e. The molecule has 0 spiro atoms. The van der Waals surface area contributed by atoms with Crippen molar-refractivity contribution in [2.45, 2.75) is 70.7 Å². The highest BCUT2D eigenvalue weighted by molar-refractivity contribution is 5.92. The molecule has 9 nitrogen and oxygen atoms in total. The Balaban J connectivity index is 4.92. The standard InChI is InChI=1S/C16H32N4O5/c1-4-9(2)12(18)14(22)20-13(10(3)21)15(23)19-11(16(24)25)7-5-6-8-17/h9-13,21H,4-8,17-18H2,1-3H3,(H,19,23)(H,20,22)(H,24,25)/t9-,10+,11-,12-,13-/m0/s1. The highest BCUT2D eigenvalue weighted by atomic mass is 16.4. The monoisotopic (exact) mass is 360 g/mol. The average molecular weight is 360 g/mol. The fourth-order valence-electron chi connectivity index (χ4n) is 2.18. The molecule has 25 heavy (non-hydrogen) atoms. The number of aliphatic carboxylic acids is 1. The van der Waals surface area contributed by atoms with Crippen LogP contribution in [0.25, 0.3) is 0 Å². The van der Waals surface area contributed by atoms with Crippen molar-refractivity contribution in [3.63, 3.8) is 0 Å². The van der Waals surface area contributed by atoms with Gasteiger partial charge in [-0.3, -0.25) is 9.59 Å². The lowest BCUT2D eigenvalue weighted by atomic mass is 9.98. The number of nitrogens with two attached hydrogens (primary N) is 2. The Bertz CT molecular complexity index is 444. The Morgan fingerprint density at radius 1 is 1.08 bits per heavy atom. The Hall–Kier alpha value is -1.71. The predicted octanol–water partition coefficient (Wildman–Crippen LogP) is -1.08. The zero-order valence-electron chi connectivity index (χ0n) is 15.2. The number of carbonyl (C=O) groups excluding carboxylic acids is 2. The van der Waals surface area contributed by atoms with Gasteiger partial charge in [0, 0.05) is 0 Å². The molecular weight excluding hydrogens is 328 g/mol. The van der Waals surface area contributed by atoms with Crippen molar-refractivity contribution in [3.05, 3.63) is 0 Å². The van der Waals surface area contributed by atoms with Gasteiger partial charge in [0.2, 0.25) is 11.8 Å². The summed E-state index contributed by atoms with van der Waals surface area (Å²) in [4.78, 5) is 35.7. The van der Waals surface area contributed by atoms with Crippen LogP contribution >= 0.6 is 0 Å². The maximum absolute atomic E-state index is 12.3. The van der Waals surface area contributed by atoms with E-state index in [0.29, 0.717) is 25.8 Å². The number of unbranched alkanes of at least 4 members (excludes halogenated alkanes) is 1. The van der Waals surface area contributed by atoms with Gasteiger partial charge in [0.15, 0.2) is 0 Å². The largest absolute Gasteiger partial charge is 0.480 e. The van der Waals surface area contributed by atoms with Crippen LogP contribution in [0.4, 0.5) is 0 Å². The van der Waals surface area contributed by atoms with Crippen molar-refractivity contribution < 1.29 is 24.6 Å². The fourth-order valence-corrected chi connectivity index (χ4v) is 2.18. The van der Waals surface area contributed by atoms with Crippen molar-refractivity contribution in [2.24, 2.45) is 17.4 Å². The van der Waals surface area contributed by atoms with Crippen LogP contribution in [-0.4, -0.2) is 58.8 Å². The first-order valence-electron chi connectivity index (χ1n) is 8.62. The molecule has 0 radical (unpaired) electrons. The van der Waals surface area contributed by atoms with E-state index in [1.165, 1.54) is 6.92 Å². The summed E-state index contributed by atoms with van der Waals surface area (Å²) in [7, 11) is 0. The number of hydrogen-bond acceptors (Lipinski definition) is 6. The summed E-state index contributed by atoms with van der Waals surface area (Å²) in [6, 6.07) is -3.21. The summed E-state index contributed by atoms with van der Waals surface area (Å²) < 4.78 is 0. The molecule has 0 fully saturated rings. The van der Waals surface area contributed by atoms with E-state index in [9.17, 15) is 24.6 Å². The van der Waals surface area contributed by atoms with Gasteiger partial charge in [0.1, 0.15) is 12.1 Å². The highest BCUT2D eigenvalue weighted by Crippen LogP contribution is 2.07. The van der Waals surface area contributed by atoms with Crippen molar-refractivity contribution in [1.29, 1.82) is 0 Å². The van der Waals surface area contributed by atoms with Crippen LogP contribution in [0.15, 0.2) is 0 Å². The van der Waals surface area contributed by atoms with Crippen LogP contribution in [0, 0.1) is 5.92 Å². The molecule has 8 N–H and O–H groups in total. The van der Waals surface area contributed by atoms with Gasteiger partial charge in [-0.25, -0.2) is 4.79 Å². The van der Waals surface area contributed by atoms with Gasteiger partial charge in [-0.2, -0.15) is 0 Å². The lowest BCUT2D eigenvalue weighted by Crippen LogP contribution is -2.58. The number of carboxylic acid groups (broad SMARTS) is 1. The van der Waals surface area contributed by atoms with Gasteiger partial charge in [-0.1, -0.05) is 20.3 Å². The van der Waals surface area contributed by atoms with Gasteiger partial charge in [-0.05, 0) is 38.6 Å². The number of carboxylic acids is 1. The summed E-state index contributed by atoms with van der Waals surface area (Å²) in [5.41, 5.74) is 11.2. The fraction of sp³-hybridized carbons (Fsp3) is 0.812. The number of carbonyl (C=O) groups is 3. The first-order valence-corrected chi connectivity index (χ1v) is 8.62. The topological polar surface area (TPSA) is 168 Å². The van der Waals surface area contributed by atoms with Crippen LogP contribution in [0.1, 0.15) is 46.5 Å². The lowest BCUT2D eigenvalue weighted by Gasteiger charge is -2.26. The van der Waals surface area contributed by atoms with Crippen LogP contribution in [0.2, 0.25) is 0 Å². The van der Waals surface area contributed by atoms with E-state index in [2.05, 4.69) is 10.6 Å². The minimum atomic E-state index is -1.28. The van der Waals surface area contributed by atoms with E-state index in [1.807, 2.05) is 6.92 Å². The predicted molar refractivity (Wildman–Crippen MR) is 93.5 cm³/mol. The van der Waals surface area contributed by atoms with Crippen molar-refractivity contribution >= 4 is 17.8 Å². The zero-order valence-corrected chi connectivity index (χ0v) is 15.2. The van der Waals surface area contributed by atoms with Gasteiger partial charge in [0.05, 0.1) is 12.1 Å². The quantitative estimate of drug-likeness (QED) is 0.241. The molecule has 0 heterocycles. The van der Waals surface area contributed by atoms with E-state index in [0.717, 1.165) is 0 Å². The smallest absolute Gasteiger partial charge is 0.326 e. The van der Waals surface area contributed by atoms with Crippen LogP contribution in [-0.2, 0) is 14.4 Å². The molecule has 0 aliphatic heterocycles. The summed E-state index contributed by atoms with van der Waals surface area (Å²) in [6.07, 6.45) is 0.873. The molecular formula is C16H32N4O5. The molecule has 0 saturated heterocycles. The molecule has 0 aromatic heterocycles. The van der Waals surface area contributed by atoms with Crippen molar-refractivity contribution in [2.75, 3.05) is 6.54 Å².